The van der Waals surface area contributed by atoms with Gasteiger partial charge in [-0.3, -0.25) is 19.3 Å². The van der Waals surface area contributed by atoms with Crippen LogP contribution in [0, 0.1) is 0 Å². The van der Waals surface area contributed by atoms with E-state index >= 15 is 0 Å². The number of nitrogens with zero attached hydrogens (tertiary/aromatic N) is 3. The minimum atomic E-state index is -1.05. The summed E-state index contributed by atoms with van der Waals surface area (Å²) in [5.74, 6) is -2.03. The zero-order valence-corrected chi connectivity index (χ0v) is 19.7. The van der Waals surface area contributed by atoms with Crippen LogP contribution in [-0.2, 0) is 33.5 Å². The molecule has 0 radical (unpaired) electrons. The van der Waals surface area contributed by atoms with E-state index in [2.05, 4.69) is 15.5 Å². The second-order valence-corrected chi connectivity index (χ2v) is 8.79. The topological polar surface area (TPSA) is 163 Å². The summed E-state index contributed by atoms with van der Waals surface area (Å²) in [6, 6.07) is -0.892. The van der Waals surface area contributed by atoms with Crippen molar-refractivity contribution in [2.75, 3.05) is 18.6 Å². The predicted octanol–water partition coefficient (Wildman–Crippen LogP) is 0.592. The Hall–Kier alpha value is -3.13. The average Bonchev–Trinajstić information content (AvgIpc) is 3.24. The molecule has 0 aliphatic carbocycles. The van der Waals surface area contributed by atoms with Gasteiger partial charge in [-0.15, -0.1) is 23.1 Å². The number of carbonyl (C=O) groups excluding carboxylic acids is 4. The number of carbonyl (C=O) groups is 4. The number of β-lactam (4-membered cyclic amide) rings is 1. The number of esters is 2. The van der Waals surface area contributed by atoms with E-state index in [0.717, 1.165) is 11.3 Å². The molecule has 1 aromatic heterocycles. The lowest BCUT2D eigenvalue weighted by atomic mass is 10.0. The van der Waals surface area contributed by atoms with E-state index in [0.29, 0.717) is 5.75 Å². The van der Waals surface area contributed by atoms with Gasteiger partial charge in [0.15, 0.2) is 10.8 Å². The summed E-state index contributed by atoms with van der Waals surface area (Å²) in [6.07, 6.45) is 0.912. The van der Waals surface area contributed by atoms with Crippen molar-refractivity contribution in [2.45, 2.75) is 44.4 Å². The molecule has 2 amide bonds. The molecule has 0 aromatic carbocycles. The molecule has 1 saturated heterocycles. The maximum atomic E-state index is 12.8. The normalized spacial score (nSPS) is 20.7. The Morgan fingerprint density at radius 1 is 1.36 bits per heavy atom. The number of nitrogens with two attached hydrogens (primary N) is 1. The van der Waals surface area contributed by atoms with Crippen LogP contribution in [0.2, 0.25) is 0 Å². The first-order chi connectivity index (χ1) is 15.8. The van der Waals surface area contributed by atoms with Gasteiger partial charge in [-0.1, -0.05) is 19.0 Å². The molecule has 14 heteroatoms. The molecular formula is C19H23N5O7S2. The Morgan fingerprint density at radius 3 is 2.73 bits per heavy atom. The Morgan fingerprint density at radius 2 is 2.12 bits per heavy atom. The number of ether oxygens (including phenoxy) is 2. The molecular weight excluding hydrogens is 474 g/mol. The average molecular weight is 498 g/mol. The van der Waals surface area contributed by atoms with Gasteiger partial charge >= 0.3 is 11.9 Å². The van der Waals surface area contributed by atoms with E-state index in [9.17, 15) is 19.2 Å². The number of rotatable bonds is 9. The van der Waals surface area contributed by atoms with Gasteiger partial charge in [-0.25, -0.2) is 9.78 Å². The van der Waals surface area contributed by atoms with Crippen molar-refractivity contribution >= 4 is 57.7 Å². The van der Waals surface area contributed by atoms with E-state index in [1.54, 1.807) is 25.3 Å². The summed E-state index contributed by atoms with van der Waals surface area (Å²) in [6.45, 7) is 3.33. The predicted molar refractivity (Wildman–Crippen MR) is 120 cm³/mol. The van der Waals surface area contributed by atoms with Crippen molar-refractivity contribution in [1.82, 2.24) is 15.2 Å². The molecule has 12 nitrogen and oxygen atoms in total. The highest BCUT2D eigenvalue weighted by Crippen LogP contribution is 2.38. The zero-order valence-electron chi connectivity index (χ0n) is 18.1. The van der Waals surface area contributed by atoms with Crippen LogP contribution in [0.25, 0.3) is 0 Å². The van der Waals surface area contributed by atoms with E-state index in [-0.39, 0.29) is 35.1 Å². The van der Waals surface area contributed by atoms with Crippen LogP contribution in [0.15, 0.2) is 22.3 Å². The third-order valence-electron chi connectivity index (χ3n) is 4.63. The maximum absolute atomic E-state index is 12.8. The molecule has 2 aliphatic heterocycles. The summed E-state index contributed by atoms with van der Waals surface area (Å²) in [4.78, 5) is 59.7. The first-order valence-corrected chi connectivity index (χ1v) is 11.9. The second kappa shape index (κ2) is 10.7. The van der Waals surface area contributed by atoms with E-state index < -0.39 is 41.5 Å². The van der Waals surface area contributed by atoms with Crippen LogP contribution < -0.4 is 11.1 Å². The molecule has 0 saturated carbocycles. The number of aromatic nitrogens is 1. The van der Waals surface area contributed by atoms with Crippen LogP contribution in [0.4, 0.5) is 5.13 Å². The SMILES string of the molecule is CCC(=O)OC(CC)OC(=O)C1=CCS[C@@H]2C(NC(=O)/C(=N\OC)c3csc(N)n3)C(=O)N12. The fourth-order valence-corrected chi connectivity index (χ4v) is 4.77. The van der Waals surface area contributed by atoms with Gasteiger partial charge in [-0.05, 0) is 6.08 Å². The van der Waals surface area contributed by atoms with Gasteiger partial charge < -0.3 is 25.4 Å². The summed E-state index contributed by atoms with van der Waals surface area (Å²) in [5.41, 5.74) is 5.75. The smallest absolute Gasteiger partial charge is 0.357 e. The fourth-order valence-electron chi connectivity index (χ4n) is 3.03. The lowest BCUT2D eigenvalue weighted by Gasteiger charge is -2.48. The number of hydrogen-bond acceptors (Lipinski definition) is 12. The Kier molecular flexibility index (Phi) is 7.92. The third kappa shape index (κ3) is 5.27. The van der Waals surface area contributed by atoms with Gasteiger partial charge in [-0.2, -0.15) is 0 Å². The Labute approximate surface area is 197 Å². The highest BCUT2D eigenvalue weighted by Gasteiger charge is 2.53. The molecule has 1 fully saturated rings. The number of thiazole rings is 1. The molecule has 3 heterocycles. The summed E-state index contributed by atoms with van der Waals surface area (Å²) >= 11 is 2.50. The summed E-state index contributed by atoms with van der Waals surface area (Å²) in [7, 11) is 1.28. The van der Waals surface area contributed by atoms with Gasteiger partial charge in [0.1, 0.15) is 29.9 Å². The number of amides is 2. The van der Waals surface area contributed by atoms with Crippen LogP contribution in [0.3, 0.4) is 0 Å². The van der Waals surface area contributed by atoms with Crippen LogP contribution in [0.1, 0.15) is 32.4 Å². The maximum Gasteiger partial charge on any atom is 0.357 e. The van der Waals surface area contributed by atoms with Crippen LogP contribution in [0.5, 0.6) is 0 Å². The molecule has 2 aliphatic rings. The van der Waals surface area contributed by atoms with E-state index in [1.807, 2.05) is 0 Å². The van der Waals surface area contributed by atoms with Crippen molar-refractivity contribution in [1.29, 1.82) is 0 Å². The van der Waals surface area contributed by atoms with Crippen molar-refractivity contribution in [3.05, 3.63) is 22.8 Å². The number of oxime groups is 1. The summed E-state index contributed by atoms with van der Waals surface area (Å²) < 4.78 is 10.3. The number of hydrogen-bond donors (Lipinski definition) is 2. The van der Waals surface area contributed by atoms with E-state index in [1.165, 1.54) is 23.8 Å². The first-order valence-electron chi connectivity index (χ1n) is 9.99. The first kappa shape index (κ1) is 24.5. The number of anilines is 1. The Balaban J connectivity index is 1.67. The van der Waals surface area contributed by atoms with Gasteiger partial charge in [0.25, 0.3) is 11.8 Å². The largest absolute Gasteiger partial charge is 0.425 e. The highest BCUT2D eigenvalue weighted by atomic mass is 32.2. The standard InChI is InChI=1S/C19H23N5O7S2/c1-4-11(25)30-12(5-2)31-18(28)10-6-7-32-17-14(16(27)24(10)17)22-15(26)13(23-29-3)9-8-33-19(20)21-9/h6,8,12,14,17H,4-5,7H2,1-3H3,(H2,20,21)(H,22,26)/b23-13-/t12?,14?,17-/m1/s1. The number of fused-ring (bicyclic) bond motifs is 1. The lowest BCUT2D eigenvalue weighted by Crippen LogP contribution is -2.70. The molecule has 0 spiro atoms. The van der Waals surface area contributed by atoms with Crippen molar-refractivity contribution in [2.24, 2.45) is 5.16 Å². The minimum Gasteiger partial charge on any atom is -0.425 e. The van der Waals surface area contributed by atoms with Crippen LogP contribution >= 0.6 is 23.1 Å². The highest BCUT2D eigenvalue weighted by molar-refractivity contribution is 8.00. The lowest BCUT2D eigenvalue weighted by molar-refractivity contribution is -0.187. The molecule has 2 unspecified atom stereocenters. The third-order valence-corrected chi connectivity index (χ3v) is 6.49. The summed E-state index contributed by atoms with van der Waals surface area (Å²) in [5, 5.41) is 7.59. The van der Waals surface area contributed by atoms with Crippen LogP contribution in [-0.4, -0.2) is 69.9 Å². The monoisotopic (exact) mass is 497 g/mol. The van der Waals surface area contributed by atoms with Gasteiger partial charge in [0.2, 0.25) is 6.29 Å². The van der Waals surface area contributed by atoms with E-state index in [4.69, 9.17) is 20.0 Å². The molecule has 0 bridgehead atoms. The van der Waals surface area contributed by atoms with Gasteiger partial charge in [0.05, 0.1) is 0 Å². The number of nitrogen functional groups attached to an aromatic ring is 1. The second-order valence-electron chi connectivity index (χ2n) is 6.75. The number of nitrogens with one attached hydrogen (secondary N) is 1. The molecule has 3 N–H and O–H groups in total. The Bertz CT molecular complexity index is 1010. The minimum absolute atomic E-state index is 0.0401. The molecule has 178 valence electrons. The molecule has 3 rings (SSSR count). The van der Waals surface area contributed by atoms with Crippen molar-refractivity contribution in [3.8, 4) is 0 Å². The fraction of sp³-hybridized carbons (Fsp3) is 0.474. The zero-order chi connectivity index (χ0) is 24.1. The quantitative estimate of drug-likeness (QED) is 0.162. The van der Waals surface area contributed by atoms with Crippen molar-refractivity contribution < 1.29 is 33.5 Å². The van der Waals surface area contributed by atoms with Crippen molar-refractivity contribution in [3.63, 3.8) is 0 Å². The number of thioether (sulfide) groups is 1. The molecule has 33 heavy (non-hydrogen) atoms. The molecule has 3 atom stereocenters. The van der Waals surface area contributed by atoms with Gasteiger partial charge in [0, 0.05) is 24.0 Å². The molecule has 1 aromatic rings.